The number of carboxylic acid groups (broad SMARTS) is 1. The number of aliphatic carboxylic acids is 1. The number of ether oxygens (including phenoxy) is 2. The topological polar surface area (TPSA) is 114 Å². The van der Waals surface area contributed by atoms with Crippen molar-refractivity contribution in [2.75, 3.05) is 19.8 Å². The van der Waals surface area contributed by atoms with E-state index in [4.69, 9.17) is 9.47 Å². The van der Waals surface area contributed by atoms with Gasteiger partial charge in [0.05, 0.1) is 12.0 Å². The first-order valence-corrected chi connectivity index (χ1v) is 12.2. The Morgan fingerprint density at radius 3 is 2.29 bits per heavy atom. The molecule has 0 radical (unpaired) electrons. The van der Waals surface area contributed by atoms with E-state index in [0.29, 0.717) is 25.4 Å². The molecule has 1 unspecified atom stereocenters. The number of hydrogen-bond donors (Lipinski definition) is 3. The molecule has 2 amide bonds. The zero-order valence-corrected chi connectivity index (χ0v) is 19.4. The molecule has 184 valence electrons. The number of carboxylic acids is 1. The summed E-state index contributed by atoms with van der Waals surface area (Å²) < 4.78 is 10.8. The van der Waals surface area contributed by atoms with Gasteiger partial charge in [-0.15, -0.1) is 0 Å². The van der Waals surface area contributed by atoms with Gasteiger partial charge in [0.2, 0.25) is 5.91 Å². The number of carbonyl (C=O) groups is 3. The van der Waals surface area contributed by atoms with Crippen LogP contribution < -0.4 is 10.6 Å². The summed E-state index contributed by atoms with van der Waals surface area (Å²) in [6, 6.07) is 15.7. The summed E-state index contributed by atoms with van der Waals surface area (Å²) in [4.78, 5) is 36.9. The molecule has 2 aromatic carbocycles. The largest absolute Gasteiger partial charge is 0.479 e. The van der Waals surface area contributed by atoms with Gasteiger partial charge in [0, 0.05) is 19.1 Å². The smallest absolute Gasteiger partial charge is 0.407 e. The van der Waals surface area contributed by atoms with Crippen molar-refractivity contribution in [2.45, 2.75) is 43.7 Å². The molecule has 3 aliphatic rings. The lowest BCUT2D eigenvalue weighted by atomic mass is 9.98. The van der Waals surface area contributed by atoms with Crippen molar-refractivity contribution in [3.63, 3.8) is 0 Å². The Kier molecular flexibility index (Phi) is 6.72. The van der Waals surface area contributed by atoms with Crippen LogP contribution >= 0.6 is 0 Å². The van der Waals surface area contributed by atoms with Crippen molar-refractivity contribution in [3.05, 3.63) is 59.7 Å². The predicted octanol–water partition coefficient (Wildman–Crippen LogP) is 3.30. The van der Waals surface area contributed by atoms with Crippen LogP contribution in [0.3, 0.4) is 0 Å². The molecule has 35 heavy (non-hydrogen) atoms. The average Bonchev–Trinajstić information content (AvgIpc) is 3.46. The first-order chi connectivity index (χ1) is 17.0. The summed E-state index contributed by atoms with van der Waals surface area (Å²) in [5, 5.41) is 14.9. The molecular formula is C27H30N2O6. The zero-order valence-electron chi connectivity index (χ0n) is 19.4. The van der Waals surface area contributed by atoms with E-state index < -0.39 is 30.1 Å². The van der Waals surface area contributed by atoms with E-state index in [9.17, 15) is 19.5 Å². The van der Waals surface area contributed by atoms with Gasteiger partial charge in [0.1, 0.15) is 6.61 Å². The molecule has 1 heterocycles. The van der Waals surface area contributed by atoms with Crippen molar-refractivity contribution in [1.82, 2.24) is 10.6 Å². The highest BCUT2D eigenvalue weighted by Crippen LogP contribution is 2.44. The van der Waals surface area contributed by atoms with Crippen LogP contribution in [-0.2, 0) is 19.1 Å². The second kappa shape index (κ2) is 10.1. The van der Waals surface area contributed by atoms with Crippen molar-refractivity contribution in [2.24, 2.45) is 11.8 Å². The number of hydrogen-bond acceptors (Lipinski definition) is 5. The van der Waals surface area contributed by atoms with Crippen molar-refractivity contribution in [1.29, 1.82) is 0 Å². The molecule has 8 nitrogen and oxygen atoms in total. The minimum absolute atomic E-state index is 0.0333. The van der Waals surface area contributed by atoms with E-state index in [-0.39, 0.29) is 25.0 Å². The molecule has 2 aliphatic carbocycles. The molecule has 5 rings (SSSR count). The van der Waals surface area contributed by atoms with Gasteiger partial charge in [-0.25, -0.2) is 9.59 Å². The molecule has 1 saturated carbocycles. The van der Waals surface area contributed by atoms with Crippen molar-refractivity contribution < 1.29 is 29.0 Å². The second-order valence-electron chi connectivity index (χ2n) is 9.62. The molecular weight excluding hydrogens is 448 g/mol. The van der Waals surface area contributed by atoms with E-state index in [1.165, 1.54) is 0 Å². The Bertz CT molecular complexity index is 1070. The maximum absolute atomic E-state index is 12.9. The van der Waals surface area contributed by atoms with Gasteiger partial charge in [0.15, 0.2) is 6.10 Å². The summed E-state index contributed by atoms with van der Waals surface area (Å²) in [5.41, 5.74) is 4.60. The Balaban J connectivity index is 1.17. The molecule has 3 N–H and O–H groups in total. The first kappa shape index (κ1) is 23.4. The highest BCUT2D eigenvalue weighted by molar-refractivity contribution is 5.82. The quantitative estimate of drug-likeness (QED) is 0.510. The maximum Gasteiger partial charge on any atom is 0.407 e. The summed E-state index contributed by atoms with van der Waals surface area (Å²) >= 11 is 0. The minimum atomic E-state index is -1.08. The van der Waals surface area contributed by atoms with Crippen LogP contribution in [0.4, 0.5) is 4.79 Å². The number of carbonyl (C=O) groups excluding carboxylic acids is 2. The standard InChI is InChI=1S/C27H30N2O6/c30-25(29-23-11-12-34-24(23)26(31)32)17(13-16-9-10-16)14-28-27(33)35-15-22-20-7-3-1-5-18(20)19-6-2-4-8-21(19)22/h1-8,16-17,22-24H,9-15H2,(H,28,33)(H,29,30)(H,31,32)/t17?,23-,24+/m1/s1. The van der Waals surface area contributed by atoms with Crippen LogP contribution in [0, 0.1) is 11.8 Å². The van der Waals surface area contributed by atoms with E-state index in [2.05, 4.69) is 34.9 Å². The Hall–Kier alpha value is -3.39. The highest BCUT2D eigenvalue weighted by Gasteiger charge is 2.37. The van der Waals surface area contributed by atoms with Crippen LogP contribution in [-0.4, -0.2) is 55.0 Å². The lowest BCUT2D eigenvalue weighted by molar-refractivity contribution is -0.148. The normalized spacial score (nSPS) is 21.6. The van der Waals surface area contributed by atoms with Crippen LogP contribution in [0.15, 0.2) is 48.5 Å². The van der Waals surface area contributed by atoms with Crippen molar-refractivity contribution in [3.8, 4) is 11.1 Å². The Morgan fingerprint density at radius 1 is 1.00 bits per heavy atom. The second-order valence-corrected chi connectivity index (χ2v) is 9.62. The third-order valence-electron chi connectivity index (χ3n) is 7.18. The molecule has 0 aromatic heterocycles. The summed E-state index contributed by atoms with van der Waals surface area (Å²) in [5.74, 6) is -1.35. The molecule has 1 aliphatic heterocycles. The van der Waals surface area contributed by atoms with Gasteiger partial charge in [-0.2, -0.15) is 0 Å². The van der Waals surface area contributed by atoms with Gasteiger partial charge >= 0.3 is 12.1 Å². The maximum atomic E-state index is 12.9. The van der Waals surface area contributed by atoms with Crippen LogP contribution in [0.5, 0.6) is 0 Å². The highest BCUT2D eigenvalue weighted by atomic mass is 16.5. The number of rotatable bonds is 9. The molecule has 3 atom stereocenters. The number of nitrogens with one attached hydrogen (secondary N) is 2. The molecule has 2 aromatic rings. The van der Waals surface area contributed by atoms with Gasteiger partial charge in [0.25, 0.3) is 0 Å². The van der Waals surface area contributed by atoms with Gasteiger partial charge in [-0.05, 0) is 41.0 Å². The third kappa shape index (κ3) is 5.17. The summed E-state index contributed by atoms with van der Waals surface area (Å²) in [6.07, 6.45) is 1.65. The molecule has 2 fully saturated rings. The monoisotopic (exact) mass is 478 g/mol. The fraction of sp³-hybridized carbons (Fsp3) is 0.444. The van der Waals surface area contributed by atoms with Gasteiger partial charge in [-0.1, -0.05) is 61.4 Å². The number of alkyl carbamates (subject to hydrolysis) is 1. The molecule has 1 saturated heterocycles. The van der Waals surface area contributed by atoms with E-state index >= 15 is 0 Å². The fourth-order valence-electron chi connectivity index (χ4n) is 5.18. The lowest BCUT2D eigenvalue weighted by Crippen LogP contribution is -2.48. The van der Waals surface area contributed by atoms with E-state index in [1.54, 1.807) is 0 Å². The average molecular weight is 479 g/mol. The Morgan fingerprint density at radius 2 is 1.66 bits per heavy atom. The molecule has 8 heteroatoms. The van der Waals surface area contributed by atoms with Gasteiger partial charge in [-0.3, -0.25) is 4.79 Å². The summed E-state index contributed by atoms with van der Waals surface area (Å²) in [7, 11) is 0. The van der Waals surface area contributed by atoms with Gasteiger partial charge < -0.3 is 25.2 Å². The number of amides is 2. The SMILES string of the molecule is O=C(NCC(CC1CC1)C(=O)N[C@@H]1CCO[C@@H]1C(=O)O)OCC1c2ccccc2-c2ccccc21. The zero-order chi connectivity index (χ0) is 24.4. The molecule has 0 bridgehead atoms. The number of fused-ring (bicyclic) bond motifs is 3. The van der Waals surface area contributed by atoms with E-state index in [0.717, 1.165) is 35.1 Å². The first-order valence-electron chi connectivity index (χ1n) is 12.2. The Labute approximate surface area is 204 Å². The van der Waals surface area contributed by atoms with Crippen LogP contribution in [0.2, 0.25) is 0 Å². The molecule has 0 spiro atoms. The summed E-state index contributed by atoms with van der Waals surface area (Å²) in [6.45, 7) is 0.649. The van der Waals surface area contributed by atoms with Crippen molar-refractivity contribution >= 4 is 18.0 Å². The fourth-order valence-corrected chi connectivity index (χ4v) is 5.18. The van der Waals surface area contributed by atoms with Crippen LogP contribution in [0.1, 0.15) is 42.7 Å². The predicted molar refractivity (Wildman–Crippen MR) is 128 cm³/mol. The third-order valence-corrected chi connectivity index (χ3v) is 7.18. The van der Waals surface area contributed by atoms with E-state index in [1.807, 2.05) is 24.3 Å². The number of benzene rings is 2. The van der Waals surface area contributed by atoms with Crippen LogP contribution in [0.25, 0.3) is 11.1 Å². The lowest BCUT2D eigenvalue weighted by Gasteiger charge is -2.22. The minimum Gasteiger partial charge on any atom is -0.479 e.